The molecular weight excluding hydrogens is 248 g/mol. The summed E-state index contributed by atoms with van der Waals surface area (Å²) in [5.41, 5.74) is -0.492. The molecule has 6 heteroatoms. The lowest BCUT2D eigenvalue weighted by atomic mass is 10.1. The molecule has 1 fully saturated rings. The second-order valence-corrected chi connectivity index (χ2v) is 5.34. The summed E-state index contributed by atoms with van der Waals surface area (Å²) in [6, 6.07) is -0.0823. The molecule has 1 aliphatic heterocycles. The number of piperazine rings is 1. The van der Waals surface area contributed by atoms with Crippen molar-refractivity contribution >= 4 is 12.4 Å². The van der Waals surface area contributed by atoms with E-state index >= 15 is 0 Å². The van der Waals surface area contributed by atoms with Crippen molar-refractivity contribution in [3.63, 3.8) is 0 Å². The minimum Gasteiger partial charge on any atom is -0.444 e. The summed E-state index contributed by atoms with van der Waals surface area (Å²) in [7, 11) is 3.25. The molecule has 0 bridgehead atoms. The molecule has 0 aromatic rings. The Morgan fingerprint density at radius 3 is 2.47 bits per heavy atom. The molecule has 0 aliphatic carbocycles. The van der Waals surface area contributed by atoms with Crippen LogP contribution in [0, 0.1) is 0 Å². The Morgan fingerprint density at radius 1 is 1.42 bits per heavy atom. The number of carbonyl (C=O) groups excluding carboxylic acids is 2. The minimum absolute atomic E-state index is 0.0823. The number of methoxy groups -OCH3 is 1. The number of nitrogens with zero attached hydrogens (tertiary/aromatic N) is 1. The van der Waals surface area contributed by atoms with Crippen molar-refractivity contribution in [3.05, 3.63) is 0 Å². The van der Waals surface area contributed by atoms with Gasteiger partial charge in [0.25, 0.3) is 0 Å². The van der Waals surface area contributed by atoms with E-state index in [1.807, 2.05) is 20.8 Å². The summed E-state index contributed by atoms with van der Waals surface area (Å²) in [5.74, 6) is 0. The highest BCUT2D eigenvalue weighted by Gasteiger charge is 2.29. The average molecular weight is 274 g/mol. The molecule has 0 aromatic carbocycles. The van der Waals surface area contributed by atoms with Crippen LogP contribution in [-0.4, -0.2) is 62.8 Å². The van der Waals surface area contributed by atoms with Crippen molar-refractivity contribution in [3.8, 4) is 0 Å². The molecule has 6 nitrogen and oxygen atoms in total. The van der Waals surface area contributed by atoms with E-state index in [1.54, 1.807) is 19.1 Å². The largest absolute Gasteiger partial charge is 0.444 e. The molecule has 1 aliphatic rings. The van der Waals surface area contributed by atoms with E-state index < -0.39 is 5.60 Å². The molecule has 1 N–H and O–H groups in total. The molecule has 0 radical (unpaired) electrons. The lowest BCUT2D eigenvalue weighted by Crippen LogP contribution is -2.54. The van der Waals surface area contributed by atoms with E-state index in [9.17, 15) is 9.59 Å². The van der Waals surface area contributed by atoms with Crippen LogP contribution in [0.25, 0.3) is 0 Å². The van der Waals surface area contributed by atoms with Crippen LogP contribution < -0.4 is 5.32 Å². The van der Waals surface area contributed by atoms with Crippen molar-refractivity contribution in [2.24, 2.45) is 0 Å². The Bertz CT molecular complexity index is 276. The highest BCUT2D eigenvalue weighted by molar-refractivity contribution is 5.69. The lowest BCUT2D eigenvalue weighted by molar-refractivity contribution is -0.109. The summed E-state index contributed by atoms with van der Waals surface area (Å²) < 4.78 is 9.55. The van der Waals surface area contributed by atoms with Crippen LogP contribution >= 0.6 is 0 Å². The smallest absolute Gasteiger partial charge is 0.410 e. The molecule has 19 heavy (non-hydrogen) atoms. The van der Waals surface area contributed by atoms with Gasteiger partial charge in [0.05, 0.1) is 6.04 Å². The van der Waals surface area contributed by atoms with Gasteiger partial charge in [-0.15, -0.1) is 0 Å². The SMILES string of the molecule is CC(C)(C)OC(=O)N1CCNCC1CC=O.COC. The van der Waals surface area contributed by atoms with Crippen LogP contribution in [0.3, 0.4) is 0 Å². The van der Waals surface area contributed by atoms with E-state index in [2.05, 4.69) is 10.1 Å². The van der Waals surface area contributed by atoms with E-state index in [0.29, 0.717) is 19.5 Å². The number of ether oxygens (including phenoxy) is 2. The Morgan fingerprint density at radius 2 is 2.00 bits per heavy atom. The van der Waals surface area contributed by atoms with Gasteiger partial charge in [-0.25, -0.2) is 4.79 Å². The number of hydrogen-bond acceptors (Lipinski definition) is 5. The number of rotatable bonds is 2. The Labute approximate surface area is 115 Å². The zero-order chi connectivity index (χ0) is 14.9. The number of nitrogens with one attached hydrogen (secondary N) is 1. The van der Waals surface area contributed by atoms with Gasteiger partial charge in [-0.05, 0) is 20.8 Å². The Kier molecular flexibility index (Phi) is 8.34. The van der Waals surface area contributed by atoms with Gasteiger partial charge in [0, 0.05) is 40.3 Å². The third-order valence-electron chi connectivity index (χ3n) is 2.35. The summed E-state index contributed by atoms with van der Waals surface area (Å²) in [6.07, 6.45) is 0.863. The average Bonchev–Trinajstić information content (AvgIpc) is 2.29. The zero-order valence-corrected chi connectivity index (χ0v) is 12.6. The fraction of sp³-hybridized carbons (Fsp3) is 0.846. The maximum atomic E-state index is 11.9. The third-order valence-corrected chi connectivity index (χ3v) is 2.35. The quantitative estimate of drug-likeness (QED) is 0.762. The molecule has 1 heterocycles. The van der Waals surface area contributed by atoms with Crippen molar-refractivity contribution < 1.29 is 19.1 Å². The van der Waals surface area contributed by atoms with E-state index in [-0.39, 0.29) is 12.1 Å². The fourth-order valence-corrected chi connectivity index (χ4v) is 1.64. The summed E-state index contributed by atoms with van der Waals surface area (Å²) in [6.45, 7) is 7.49. The molecule has 1 atom stereocenters. The molecule has 0 spiro atoms. The molecule has 0 aromatic heterocycles. The van der Waals surface area contributed by atoms with Gasteiger partial charge in [0.1, 0.15) is 11.9 Å². The van der Waals surface area contributed by atoms with Crippen LogP contribution in [0.2, 0.25) is 0 Å². The predicted octanol–water partition coefficient (Wildman–Crippen LogP) is 1.05. The van der Waals surface area contributed by atoms with Crippen LogP contribution in [0.15, 0.2) is 0 Å². The topological polar surface area (TPSA) is 67.9 Å². The van der Waals surface area contributed by atoms with Gasteiger partial charge in [0.2, 0.25) is 0 Å². The van der Waals surface area contributed by atoms with Crippen LogP contribution in [-0.2, 0) is 14.3 Å². The Hall–Kier alpha value is -1.14. The molecular formula is C13H26N2O4. The first kappa shape index (κ1) is 17.9. The van der Waals surface area contributed by atoms with Crippen molar-refractivity contribution in [2.75, 3.05) is 33.9 Å². The van der Waals surface area contributed by atoms with E-state index in [1.165, 1.54) is 0 Å². The molecule has 112 valence electrons. The van der Waals surface area contributed by atoms with E-state index in [4.69, 9.17) is 4.74 Å². The minimum atomic E-state index is -0.492. The van der Waals surface area contributed by atoms with Crippen LogP contribution in [0.4, 0.5) is 4.79 Å². The first-order valence-electron chi connectivity index (χ1n) is 6.39. The van der Waals surface area contributed by atoms with Crippen LogP contribution in [0.1, 0.15) is 27.2 Å². The fourth-order valence-electron chi connectivity index (χ4n) is 1.64. The molecule has 1 unspecified atom stereocenters. The maximum absolute atomic E-state index is 11.9. The predicted molar refractivity (Wildman–Crippen MR) is 73.2 cm³/mol. The molecule has 0 saturated carbocycles. The van der Waals surface area contributed by atoms with Crippen molar-refractivity contribution in [1.82, 2.24) is 10.2 Å². The van der Waals surface area contributed by atoms with Gasteiger partial charge in [-0.1, -0.05) is 0 Å². The van der Waals surface area contributed by atoms with E-state index in [0.717, 1.165) is 12.8 Å². The third kappa shape index (κ3) is 7.79. The monoisotopic (exact) mass is 274 g/mol. The number of hydrogen-bond donors (Lipinski definition) is 1. The number of aldehydes is 1. The lowest BCUT2D eigenvalue weighted by Gasteiger charge is -2.36. The molecule has 1 saturated heterocycles. The standard InChI is InChI=1S/C11H20N2O3.C2H6O/c1-11(2,3)16-10(15)13-6-5-12-8-9(13)4-7-14;1-3-2/h7,9,12H,4-6,8H2,1-3H3;1-2H3. The van der Waals surface area contributed by atoms with Gasteiger partial charge in [0.15, 0.2) is 0 Å². The highest BCUT2D eigenvalue weighted by Crippen LogP contribution is 2.14. The Balaban J connectivity index is 0.000000982. The first-order chi connectivity index (χ1) is 8.85. The first-order valence-corrected chi connectivity index (χ1v) is 6.39. The van der Waals surface area contributed by atoms with Crippen molar-refractivity contribution in [2.45, 2.75) is 38.8 Å². The van der Waals surface area contributed by atoms with Gasteiger partial charge in [-0.2, -0.15) is 0 Å². The number of carbonyl (C=O) groups is 2. The summed E-state index contributed by atoms with van der Waals surface area (Å²) in [4.78, 5) is 24.0. The number of amides is 1. The maximum Gasteiger partial charge on any atom is 0.410 e. The normalized spacial score (nSPS) is 19.2. The van der Waals surface area contributed by atoms with Gasteiger partial charge in [-0.3, -0.25) is 0 Å². The van der Waals surface area contributed by atoms with Gasteiger partial charge >= 0.3 is 6.09 Å². The zero-order valence-electron chi connectivity index (χ0n) is 12.6. The second-order valence-electron chi connectivity index (χ2n) is 5.34. The highest BCUT2D eigenvalue weighted by atomic mass is 16.6. The second kappa shape index (κ2) is 8.87. The molecule has 1 rings (SSSR count). The summed E-state index contributed by atoms with van der Waals surface area (Å²) in [5, 5.41) is 3.16. The summed E-state index contributed by atoms with van der Waals surface area (Å²) >= 11 is 0. The van der Waals surface area contributed by atoms with Crippen LogP contribution in [0.5, 0.6) is 0 Å². The molecule has 1 amide bonds. The van der Waals surface area contributed by atoms with Crippen molar-refractivity contribution in [1.29, 1.82) is 0 Å². The van der Waals surface area contributed by atoms with Gasteiger partial charge < -0.3 is 24.5 Å².